The topological polar surface area (TPSA) is 15.3 Å². The lowest BCUT2D eigenvalue weighted by Gasteiger charge is -2.39. The van der Waals surface area contributed by atoms with Crippen LogP contribution in [0.5, 0.6) is 0 Å². The van der Waals surface area contributed by atoms with Crippen LogP contribution in [0.2, 0.25) is 0 Å². The van der Waals surface area contributed by atoms with Gasteiger partial charge < -0.3 is 5.32 Å². The quantitative estimate of drug-likeness (QED) is 0.909. The van der Waals surface area contributed by atoms with E-state index >= 15 is 0 Å². The molecule has 2 heteroatoms. The molecule has 0 spiro atoms. The Hall–Kier alpha value is -0.860. The maximum atomic E-state index is 3.76. The summed E-state index contributed by atoms with van der Waals surface area (Å²) in [6, 6.07) is 11.5. The Labute approximate surface area is 123 Å². The van der Waals surface area contributed by atoms with Crippen LogP contribution in [0, 0.1) is 0 Å². The fraction of sp³-hybridized carbons (Fsp3) is 0.667. The average molecular weight is 272 g/mol. The van der Waals surface area contributed by atoms with Gasteiger partial charge in [-0.1, -0.05) is 43.2 Å². The molecule has 1 atom stereocenters. The zero-order valence-corrected chi connectivity index (χ0v) is 12.8. The van der Waals surface area contributed by atoms with Gasteiger partial charge in [-0.2, -0.15) is 0 Å². The van der Waals surface area contributed by atoms with E-state index in [0.29, 0.717) is 11.6 Å². The van der Waals surface area contributed by atoms with Crippen LogP contribution in [-0.4, -0.2) is 36.1 Å². The Bertz CT molecular complexity index is 409. The second-order valence-corrected chi connectivity index (χ2v) is 6.84. The summed E-state index contributed by atoms with van der Waals surface area (Å²) < 4.78 is 0. The van der Waals surface area contributed by atoms with E-state index < -0.39 is 0 Å². The van der Waals surface area contributed by atoms with Crippen molar-refractivity contribution in [3.8, 4) is 0 Å². The molecular weight excluding hydrogens is 244 g/mol. The third-order valence-corrected chi connectivity index (χ3v) is 5.25. The molecule has 0 radical (unpaired) electrons. The highest BCUT2D eigenvalue weighted by molar-refractivity contribution is 5.16. The fourth-order valence-corrected chi connectivity index (χ4v) is 3.98. The summed E-state index contributed by atoms with van der Waals surface area (Å²) in [5, 5.41) is 3.76. The van der Waals surface area contributed by atoms with E-state index in [1.807, 2.05) is 0 Å². The van der Waals surface area contributed by atoms with Crippen LogP contribution in [-0.2, 0) is 6.42 Å². The van der Waals surface area contributed by atoms with Gasteiger partial charge in [0.05, 0.1) is 0 Å². The molecule has 1 aromatic carbocycles. The monoisotopic (exact) mass is 272 g/mol. The van der Waals surface area contributed by atoms with E-state index in [9.17, 15) is 0 Å². The maximum absolute atomic E-state index is 3.76. The van der Waals surface area contributed by atoms with E-state index in [2.05, 4.69) is 47.5 Å². The van der Waals surface area contributed by atoms with Crippen molar-refractivity contribution in [1.29, 1.82) is 0 Å². The number of benzene rings is 1. The Morgan fingerprint density at radius 1 is 1.15 bits per heavy atom. The van der Waals surface area contributed by atoms with Gasteiger partial charge in [0.2, 0.25) is 0 Å². The van der Waals surface area contributed by atoms with E-state index in [4.69, 9.17) is 0 Å². The van der Waals surface area contributed by atoms with Gasteiger partial charge in [-0.25, -0.2) is 0 Å². The summed E-state index contributed by atoms with van der Waals surface area (Å²) in [7, 11) is 0. The van der Waals surface area contributed by atoms with Gasteiger partial charge in [-0.3, -0.25) is 4.90 Å². The normalized spacial score (nSPS) is 27.4. The zero-order valence-electron chi connectivity index (χ0n) is 12.8. The first kappa shape index (κ1) is 14.1. The third-order valence-electron chi connectivity index (χ3n) is 5.25. The molecule has 1 unspecified atom stereocenters. The Morgan fingerprint density at radius 2 is 1.90 bits per heavy atom. The molecule has 2 fully saturated rings. The van der Waals surface area contributed by atoms with Crippen LogP contribution in [0.1, 0.15) is 44.6 Å². The molecule has 1 N–H and O–H groups in total. The first-order valence-electron chi connectivity index (χ1n) is 8.29. The molecule has 1 saturated carbocycles. The van der Waals surface area contributed by atoms with E-state index in [0.717, 1.165) is 6.42 Å². The summed E-state index contributed by atoms with van der Waals surface area (Å²) in [6.07, 6.45) is 8.08. The van der Waals surface area contributed by atoms with Crippen LogP contribution < -0.4 is 5.32 Å². The molecule has 0 bridgehead atoms. The highest BCUT2D eigenvalue weighted by Gasteiger charge is 2.36. The number of hydrogen-bond donors (Lipinski definition) is 1. The summed E-state index contributed by atoms with van der Waals surface area (Å²) in [4.78, 5) is 2.79. The molecule has 3 rings (SSSR count). The van der Waals surface area contributed by atoms with Crippen LogP contribution in [0.4, 0.5) is 0 Å². The van der Waals surface area contributed by atoms with Crippen molar-refractivity contribution in [1.82, 2.24) is 10.2 Å². The van der Waals surface area contributed by atoms with Gasteiger partial charge in [0.25, 0.3) is 0 Å². The summed E-state index contributed by atoms with van der Waals surface area (Å²) in [6.45, 7) is 6.15. The number of nitrogens with zero attached hydrogens (tertiary/aromatic N) is 1. The minimum Gasteiger partial charge on any atom is -0.312 e. The molecule has 1 aliphatic carbocycles. The molecule has 0 amide bonds. The molecule has 1 aliphatic heterocycles. The van der Waals surface area contributed by atoms with Gasteiger partial charge in [0.15, 0.2) is 0 Å². The zero-order chi connectivity index (χ0) is 13.8. The molecular formula is C18H28N2. The molecule has 20 heavy (non-hydrogen) atoms. The average Bonchev–Trinajstić information content (AvgIpc) is 2.77. The number of hydrogen-bond acceptors (Lipinski definition) is 2. The molecule has 2 aliphatic rings. The summed E-state index contributed by atoms with van der Waals surface area (Å²) in [5.41, 5.74) is 1.93. The Morgan fingerprint density at radius 3 is 2.65 bits per heavy atom. The first-order valence-corrected chi connectivity index (χ1v) is 8.29. The van der Waals surface area contributed by atoms with Crippen molar-refractivity contribution in [3.63, 3.8) is 0 Å². The van der Waals surface area contributed by atoms with Crippen molar-refractivity contribution in [3.05, 3.63) is 35.9 Å². The highest BCUT2D eigenvalue weighted by Crippen LogP contribution is 2.35. The SMILES string of the molecule is CC1(N2CCCNC(Cc3ccccc3)C2)CCCC1. The van der Waals surface area contributed by atoms with Crippen molar-refractivity contribution in [2.45, 2.75) is 57.0 Å². The second kappa shape index (κ2) is 6.28. The first-order chi connectivity index (χ1) is 9.76. The van der Waals surface area contributed by atoms with Gasteiger partial charge in [-0.15, -0.1) is 0 Å². The maximum Gasteiger partial charge on any atom is 0.0235 e. The third kappa shape index (κ3) is 3.24. The van der Waals surface area contributed by atoms with Crippen LogP contribution in [0.15, 0.2) is 30.3 Å². The van der Waals surface area contributed by atoms with Crippen molar-refractivity contribution in [2.75, 3.05) is 19.6 Å². The van der Waals surface area contributed by atoms with Gasteiger partial charge in [-0.05, 0) is 51.3 Å². The predicted molar refractivity (Wildman–Crippen MR) is 85.0 cm³/mol. The van der Waals surface area contributed by atoms with Crippen molar-refractivity contribution < 1.29 is 0 Å². The lowest BCUT2D eigenvalue weighted by molar-refractivity contribution is 0.106. The molecule has 2 nitrogen and oxygen atoms in total. The minimum atomic E-state index is 0.473. The van der Waals surface area contributed by atoms with Gasteiger partial charge >= 0.3 is 0 Å². The second-order valence-electron chi connectivity index (χ2n) is 6.84. The lowest BCUT2D eigenvalue weighted by Crippen LogP contribution is -2.49. The van der Waals surface area contributed by atoms with E-state index in [-0.39, 0.29) is 0 Å². The smallest absolute Gasteiger partial charge is 0.0235 e. The molecule has 110 valence electrons. The van der Waals surface area contributed by atoms with Gasteiger partial charge in [0, 0.05) is 18.1 Å². The minimum absolute atomic E-state index is 0.473. The molecule has 1 heterocycles. The molecule has 1 aromatic rings. The van der Waals surface area contributed by atoms with Gasteiger partial charge in [0.1, 0.15) is 0 Å². The molecule has 1 saturated heterocycles. The number of rotatable bonds is 3. The number of nitrogens with one attached hydrogen (secondary N) is 1. The lowest BCUT2D eigenvalue weighted by atomic mass is 9.96. The Kier molecular flexibility index (Phi) is 4.42. The largest absolute Gasteiger partial charge is 0.312 e. The van der Waals surface area contributed by atoms with Crippen molar-refractivity contribution in [2.24, 2.45) is 0 Å². The summed E-state index contributed by atoms with van der Waals surface area (Å²) >= 11 is 0. The van der Waals surface area contributed by atoms with Crippen molar-refractivity contribution >= 4 is 0 Å². The predicted octanol–water partition coefficient (Wildman–Crippen LogP) is 3.23. The van der Waals surface area contributed by atoms with Crippen LogP contribution >= 0.6 is 0 Å². The van der Waals surface area contributed by atoms with Crippen LogP contribution in [0.3, 0.4) is 0 Å². The summed E-state index contributed by atoms with van der Waals surface area (Å²) in [5.74, 6) is 0. The highest BCUT2D eigenvalue weighted by atomic mass is 15.2. The van der Waals surface area contributed by atoms with E-state index in [1.165, 1.54) is 57.3 Å². The standard InChI is InChI=1S/C18H28N2/c1-18(10-5-6-11-18)20-13-7-12-19-17(15-20)14-16-8-3-2-4-9-16/h2-4,8-9,17,19H,5-7,10-15H2,1H3. The fourth-order valence-electron chi connectivity index (χ4n) is 3.98. The Balaban J connectivity index is 1.66. The van der Waals surface area contributed by atoms with Crippen LogP contribution in [0.25, 0.3) is 0 Å². The van der Waals surface area contributed by atoms with E-state index in [1.54, 1.807) is 0 Å². The molecule has 0 aromatic heterocycles.